The van der Waals surface area contributed by atoms with E-state index in [4.69, 9.17) is 0 Å². The number of rotatable bonds is 4. The van der Waals surface area contributed by atoms with Gasteiger partial charge in [-0.1, -0.05) is 12.1 Å². The first-order valence-electron chi connectivity index (χ1n) is 6.95. The standard InChI is InChI=1S/C17H17N3S/c1-12-3-5-15(18-9-12)8-16-6-4-14(10-19-16)7-17-20-13(2)11-21-17/h3-6,9-11H,7-8H2,1-2H3. The molecule has 0 aliphatic heterocycles. The molecule has 0 saturated heterocycles. The van der Waals surface area contributed by atoms with Crippen LogP contribution >= 0.6 is 11.3 Å². The molecule has 21 heavy (non-hydrogen) atoms. The molecule has 3 rings (SSSR count). The number of nitrogens with zero attached hydrogens (tertiary/aromatic N) is 3. The minimum atomic E-state index is 0.775. The normalized spacial score (nSPS) is 10.8. The molecule has 0 aromatic carbocycles. The minimum Gasteiger partial charge on any atom is -0.261 e. The number of aromatic nitrogens is 3. The summed E-state index contributed by atoms with van der Waals surface area (Å²) in [6.45, 7) is 4.07. The molecular weight excluding hydrogens is 278 g/mol. The third kappa shape index (κ3) is 3.73. The smallest absolute Gasteiger partial charge is 0.0972 e. The van der Waals surface area contributed by atoms with Gasteiger partial charge in [0.05, 0.1) is 5.01 Å². The Morgan fingerprint density at radius 3 is 2.24 bits per heavy atom. The van der Waals surface area contributed by atoms with Crippen LogP contribution in [0, 0.1) is 13.8 Å². The van der Waals surface area contributed by atoms with Crippen LogP contribution in [0.15, 0.2) is 42.0 Å². The summed E-state index contributed by atoms with van der Waals surface area (Å²) in [5.41, 5.74) is 5.57. The van der Waals surface area contributed by atoms with Gasteiger partial charge in [0, 0.05) is 47.7 Å². The summed E-state index contributed by atoms with van der Waals surface area (Å²) in [5, 5.41) is 3.22. The predicted octanol–water partition coefficient (Wildman–Crippen LogP) is 3.73. The lowest BCUT2D eigenvalue weighted by molar-refractivity contribution is 0.990. The Morgan fingerprint density at radius 1 is 0.905 bits per heavy atom. The van der Waals surface area contributed by atoms with Crippen molar-refractivity contribution in [3.63, 3.8) is 0 Å². The summed E-state index contributed by atoms with van der Waals surface area (Å²) < 4.78 is 0. The van der Waals surface area contributed by atoms with Crippen molar-refractivity contribution in [3.8, 4) is 0 Å². The van der Waals surface area contributed by atoms with E-state index in [0.717, 1.165) is 34.9 Å². The van der Waals surface area contributed by atoms with Crippen molar-refractivity contribution < 1.29 is 0 Å². The highest BCUT2D eigenvalue weighted by Gasteiger charge is 2.03. The summed E-state index contributed by atoms with van der Waals surface area (Å²) in [7, 11) is 0. The maximum Gasteiger partial charge on any atom is 0.0972 e. The molecule has 0 unspecified atom stereocenters. The zero-order chi connectivity index (χ0) is 14.7. The summed E-state index contributed by atoms with van der Waals surface area (Å²) in [6, 6.07) is 8.36. The summed E-state index contributed by atoms with van der Waals surface area (Å²) in [4.78, 5) is 13.4. The average molecular weight is 295 g/mol. The first-order valence-corrected chi connectivity index (χ1v) is 7.83. The fraction of sp³-hybridized carbons (Fsp3) is 0.235. The van der Waals surface area contributed by atoms with Gasteiger partial charge in [-0.2, -0.15) is 0 Å². The Balaban J connectivity index is 1.67. The van der Waals surface area contributed by atoms with Gasteiger partial charge < -0.3 is 0 Å². The van der Waals surface area contributed by atoms with Crippen LogP contribution < -0.4 is 0 Å². The van der Waals surface area contributed by atoms with Gasteiger partial charge >= 0.3 is 0 Å². The highest BCUT2D eigenvalue weighted by Crippen LogP contribution is 2.14. The van der Waals surface area contributed by atoms with Crippen LogP contribution in [0.5, 0.6) is 0 Å². The average Bonchev–Trinajstić information content (AvgIpc) is 2.89. The Kier molecular flexibility index (Phi) is 4.06. The lowest BCUT2D eigenvalue weighted by Gasteiger charge is -2.03. The second kappa shape index (κ2) is 6.14. The van der Waals surface area contributed by atoms with Gasteiger partial charge in [-0.15, -0.1) is 11.3 Å². The van der Waals surface area contributed by atoms with Gasteiger partial charge in [0.25, 0.3) is 0 Å². The number of hydrogen-bond acceptors (Lipinski definition) is 4. The van der Waals surface area contributed by atoms with Gasteiger partial charge in [-0.3, -0.25) is 9.97 Å². The van der Waals surface area contributed by atoms with Gasteiger partial charge in [0.15, 0.2) is 0 Å². The van der Waals surface area contributed by atoms with E-state index in [1.807, 2.05) is 26.2 Å². The highest BCUT2D eigenvalue weighted by molar-refractivity contribution is 7.09. The third-order valence-corrected chi connectivity index (χ3v) is 4.21. The van der Waals surface area contributed by atoms with Crippen LogP contribution in [0.25, 0.3) is 0 Å². The van der Waals surface area contributed by atoms with E-state index in [9.17, 15) is 0 Å². The lowest BCUT2D eigenvalue weighted by Crippen LogP contribution is -1.96. The van der Waals surface area contributed by atoms with Crippen LogP contribution in [-0.2, 0) is 12.8 Å². The minimum absolute atomic E-state index is 0.775. The summed E-state index contributed by atoms with van der Waals surface area (Å²) in [5.74, 6) is 0. The number of thiazole rings is 1. The topological polar surface area (TPSA) is 38.7 Å². The van der Waals surface area contributed by atoms with E-state index in [-0.39, 0.29) is 0 Å². The number of pyridine rings is 2. The molecule has 0 atom stereocenters. The molecule has 3 aromatic heterocycles. The van der Waals surface area contributed by atoms with Crippen molar-refractivity contribution >= 4 is 11.3 Å². The Bertz CT molecular complexity index is 715. The van der Waals surface area contributed by atoms with Gasteiger partial charge in [0.2, 0.25) is 0 Å². The Hall–Kier alpha value is -2.07. The van der Waals surface area contributed by atoms with Crippen LogP contribution in [0.4, 0.5) is 0 Å². The molecule has 0 aliphatic rings. The van der Waals surface area contributed by atoms with Crippen molar-refractivity contribution in [1.82, 2.24) is 15.0 Å². The molecule has 3 aromatic rings. The lowest BCUT2D eigenvalue weighted by atomic mass is 10.1. The quantitative estimate of drug-likeness (QED) is 0.736. The predicted molar refractivity (Wildman–Crippen MR) is 85.7 cm³/mol. The monoisotopic (exact) mass is 295 g/mol. The maximum atomic E-state index is 4.54. The number of hydrogen-bond donors (Lipinski definition) is 0. The van der Waals surface area contributed by atoms with Crippen molar-refractivity contribution in [2.45, 2.75) is 26.7 Å². The fourth-order valence-electron chi connectivity index (χ4n) is 2.11. The molecule has 3 heterocycles. The molecule has 0 saturated carbocycles. The van der Waals surface area contributed by atoms with Crippen molar-refractivity contribution in [3.05, 3.63) is 75.3 Å². The zero-order valence-electron chi connectivity index (χ0n) is 12.2. The van der Waals surface area contributed by atoms with Gasteiger partial charge in [-0.05, 0) is 37.1 Å². The van der Waals surface area contributed by atoms with E-state index in [0.29, 0.717) is 0 Å². The SMILES string of the molecule is Cc1ccc(Cc2ccc(Cc3nc(C)cs3)cn2)nc1. The van der Waals surface area contributed by atoms with Crippen LogP contribution in [0.3, 0.4) is 0 Å². The first-order chi connectivity index (χ1) is 10.2. The number of aryl methyl sites for hydroxylation is 2. The largest absolute Gasteiger partial charge is 0.261 e. The Morgan fingerprint density at radius 2 is 1.67 bits per heavy atom. The van der Waals surface area contributed by atoms with Crippen LogP contribution in [0.1, 0.15) is 33.2 Å². The van der Waals surface area contributed by atoms with Crippen LogP contribution in [0.2, 0.25) is 0 Å². The second-order valence-corrected chi connectivity index (χ2v) is 6.16. The zero-order valence-corrected chi connectivity index (χ0v) is 13.0. The Labute approximate surface area is 128 Å². The third-order valence-electron chi connectivity index (χ3n) is 3.24. The molecule has 4 heteroatoms. The molecule has 0 aliphatic carbocycles. The fourth-order valence-corrected chi connectivity index (χ4v) is 2.92. The molecule has 3 nitrogen and oxygen atoms in total. The van der Waals surface area contributed by atoms with E-state index < -0.39 is 0 Å². The second-order valence-electron chi connectivity index (χ2n) is 5.22. The van der Waals surface area contributed by atoms with Crippen LogP contribution in [-0.4, -0.2) is 15.0 Å². The van der Waals surface area contributed by atoms with Crippen molar-refractivity contribution in [2.75, 3.05) is 0 Å². The summed E-state index contributed by atoms with van der Waals surface area (Å²) >= 11 is 1.70. The molecule has 0 bridgehead atoms. The molecule has 0 N–H and O–H groups in total. The summed E-state index contributed by atoms with van der Waals surface area (Å²) in [6.07, 6.45) is 5.47. The molecule has 0 amide bonds. The highest BCUT2D eigenvalue weighted by atomic mass is 32.1. The molecular formula is C17H17N3S. The van der Waals surface area contributed by atoms with Gasteiger partial charge in [-0.25, -0.2) is 4.98 Å². The molecule has 0 radical (unpaired) electrons. The molecule has 0 spiro atoms. The van der Waals surface area contributed by atoms with E-state index in [1.54, 1.807) is 11.3 Å². The van der Waals surface area contributed by atoms with Crippen molar-refractivity contribution in [2.24, 2.45) is 0 Å². The van der Waals surface area contributed by atoms with Gasteiger partial charge in [0.1, 0.15) is 0 Å². The molecule has 0 fully saturated rings. The van der Waals surface area contributed by atoms with E-state index in [1.165, 1.54) is 11.1 Å². The molecule has 106 valence electrons. The van der Waals surface area contributed by atoms with E-state index in [2.05, 4.69) is 44.6 Å². The van der Waals surface area contributed by atoms with E-state index >= 15 is 0 Å². The maximum absolute atomic E-state index is 4.54. The first kappa shape index (κ1) is 13.9. The van der Waals surface area contributed by atoms with Crippen molar-refractivity contribution in [1.29, 1.82) is 0 Å².